The molecule has 0 N–H and O–H groups in total. The van der Waals surface area contributed by atoms with Crippen LogP contribution in [0.2, 0.25) is 0 Å². The molecule has 0 aromatic carbocycles. The predicted octanol–water partition coefficient (Wildman–Crippen LogP) is 3.94. The van der Waals surface area contributed by atoms with E-state index in [4.69, 9.17) is 0 Å². The Kier molecular flexibility index (Phi) is 7.13. The summed E-state index contributed by atoms with van der Waals surface area (Å²) in [5, 5.41) is 9.79. The van der Waals surface area contributed by atoms with Gasteiger partial charge in [-0.15, -0.1) is 0 Å². The molecule has 19 heteroatoms. The van der Waals surface area contributed by atoms with E-state index in [1.807, 2.05) is 0 Å². The van der Waals surface area contributed by atoms with Gasteiger partial charge in [-0.2, -0.15) is 65.9 Å². The first-order valence-electron chi connectivity index (χ1n) is 6.36. The van der Waals surface area contributed by atoms with Crippen molar-refractivity contribution < 1.29 is 84.9 Å². The zero-order valence-electron chi connectivity index (χ0n) is 13.1. The Morgan fingerprint density at radius 2 is 1.07 bits per heavy atom. The highest BCUT2D eigenvalue weighted by atomic mass is 19.4. The number of aliphatic carboxylic acids is 1. The number of ether oxygens (including phenoxy) is 1. The zero-order valence-corrected chi connectivity index (χ0v) is 13.1. The molecule has 0 aromatic rings. The second-order valence-corrected chi connectivity index (χ2v) is 5.08. The summed E-state index contributed by atoms with van der Waals surface area (Å²) < 4.78 is 208. The molecule has 0 aliphatic heterocycles. The number of hydrogen-bond acceptors (Lipinski definition) is 3. The standard InChI is InChI=1S/C11H4F16O3/c12-3(1-5(13,14)15)6(16,17)7(18,19)8(20,21)9(22,23)10(24,25)11(26,27)30-2-4(28)29/h1H,2H2,(H,28,29)/p-1. The molecule has 0 saturated heterocycles. The van der Waals surface area contributed by atoms with Gasteiger partial charge < -0.3 is 14.6 Å². The first-order chi connectivity index (χ1) is 12.8. The van der Waals surface area contributed by atoms with Gasteiger partial charge in [0.15, 0.2) is 5.83 Å². The van der Waals surface area contributed by atoms with Gasteiger partial charge in [0.05, 0.1) is 18.7 Å². The fraction of sp³-hybridized carbons (Fsp3) is 0.727. The Bertz CT molecular complexity index is 676. The SMILES string of the molecule is O=C([O-])COC(F)(F)C(F)(F)C(F)(F)C(F)(F)C(F)(F)C(F)(F)C(F)=CC(F)(F)F. The van der Waals surface area contributed by atoms with Gasteiger partial charge in [0, 0.05) is 0 Å². The molecular formula is C11H3F16O3-. The maximum atomic E-state index is 13.2. The summed E-state index contributed by atoms with van der Waals surface area (Å²) in [5.74, 6) is -47.7. The minimum atomic E-state index is -8.38. The summed E-state index contributed by atoms with van der Waals surface area (Å²) in [5.41, 5.74) is 0. The van der Waals surface area contributed by atoms with E-state index in [0.29, 0.717) is 0 Å². The Morgan fingerprint density at radius 3 is 1.40 bits per heavy atom. The molecule has 0 aromatic heterocycles. The Balaban J connectivity index is 6.47. The molecule has 0 bridgehead atoms. The lowest BCUT2D eigenvalue weighted by Gasteiger charge is -2.40. The minimum absolute atomic E-state index is 2.32. The molecule has 0 heterocycles. The van der Waals surface area contributed by atoms with Gasteiger partial charge in [0.1, 0.15) is 0 Å². The summed E-state index contributed by atoms with van der Waals surface area (Å²) in [6, 6.07) is 0. The average molecular weight is 487 g/mol. The number of carboxylic acids is 1. The van der Waals surface area contributed by atoms with E-state index in [1.54, 1.807) is 0 Å². The highest BCUT2D eigenvalue weighted by Gasteiger charge is 2.91. The molecular weight excluding hydrogens is 484 g/mol. The van der Waals surface area contributed by atoms with Crippen molar-refractivity contribution in [2.75, 3.05) is 6.61 Å². The largest absolute Gasteiger partial charge is 0.548 e. The van der Waals surface area contributed by atoms with E-state index in [-0.39, 0.29) is 0 Å². The lowest BCUT2D eigenvalue weighted by atomic mass is 9.93. The van der Waals surface area contributed by atoms with E-state index < -0.39 is 66.4 Å². The van der Waals surface area contributed by atoms with Crippen LogP contribution in [0, 0.1) is 0 Å². The van der Waals surface area contributed by atoms with Crippen molar-refractivity contribution in [2.24, 2.45) is 0 Å². The third-order valence-electron chi connectivity index (χ3n) is 2.90. The Labute approximate surface area is 152 Å². The van der Waals surface area contributed by atoms with Gasteiger partial charge >= 0.3 is 41.9 Å². The normalized spacial score (nSPS) is 16.1. The molecule has 0 radical (unpaired) electrons. The van der Waals surface area contributed by atoms with Crippen LogP contribution in [0.4, 0.5) is 70.2 Å². The topological polar surface area (TPSA) is 49.4 Å². The fourth-order valence-corrected chi connectivity index (χ4v) is 1.40. The molecule has 0 fully saturated rings. The van der Waals surface area contributed by atoms with Crippen LogP contribution in [-0.4, -0.2) is 54.5 Å². The maximum Gasteiger partial charge on any atom is 0.426 e. The number of alkyl halides is 15. The van der Waals surface area contributed by atoms with Crippen molar-refractivity contribution in [3.8, 4) is 0 Å². The number of carbonyl (C=O) groups excluding carboxylic acids is 1. The van der Waals surface area contributed by atoms with Crippen LogP contribution >= 0.6 is 0 Å². The quantitative estimate of drug-likeness (QED) is 0.464. The van der Waals surface area contributed by atoms with E-state index in [1.165, 1.54) is 0 Å². The van der Waals surface area contributed by atoms with Crippen LogP contribution in [0.5, 0.6) is 0 Å². The molecule has 0 atom stereocenters. The van der Waals surface area contributed by atoms with Crippen LogP contribution in [-0.2, 0) is 9.53 Å². The summed E-state index contributed by atoms with van der Waals surface area (Å²) in [6.07, 6.45) is -15.7. The van der Waals surface area contributed by atoms with Gasteiger partial charge in [0.2, 0.25) is 0 Å². The third-order valence-corrected chi connectivity index (χ3v) is 2.90. The molecule has 0 rings (SSSR count). The number of carboxylic acid groups (broad SMARTS) is 1. The molecule has 0 aliphatic carbocycles. The monoisotopic (exact) mass is 487 g/mol. The number of halogens is 16. The molecule has 30 heavy (non-hydrogen) atoms. The van der Waals surface area contributed by atoms with Crippen molar-refractivity contribution in [3.63, 3.8) is 0 Å². The van der Waals surface area contributed by atoms with E-state index in [9.17, 15) is 80.1 Å². The van der Waals surface area contributed by atoms with Crippen LogP contribution in [0.25, 0.3) is 0 Å². The Morgan fingerprint density at radius 1 is 0.700 bits per heavy atom. The zero-order chi connectivity index (χ0) is 24.8. The van der Waals surface area contributed by atoms with Crippen molar-refractivity contribution in [1.82, 2.24) is 0 Å². The van der Waals surface area contributed by atoms with Crippen molar-refractivity contribution in [3.05, 3.63) is 11.9 Å². The molecule has 0 saturated carbocycles. The van der Waals surface area contributed by atoms with Crippen molar-refractivity contribution >= 4 is 5.97 Å². The van der Waals surface area contributed by atoms with Crippen LogP contribution in [0.15, 0.2) is 11.9 Å². The molecule has 3 nitrogen and oxygen atoms in total. The third kappa shape index (κ3) is 4.53. The van der Waals surface area contributed by atoms with Crippen molar-refractivity contribution in [2.45, 2.75) is 41.9 Å². The molecule has 0 aliphatic rings. The Hall–Kier alpha value is -1.95. The highest BCUT2D eigenvalue weighted by molar-refractivity contribution is 5.65. The molecule has 0 amide bonds. The van der Waals surface area contributed by atoms with Gasteiger partial charge in [-0.1, -0.05) is 0 Å². The lowest BCUT2D eigenvalue weighted by Crippen LogP contribution is -2.71. The number of rotatable bonds is 9. The van der Waals surface area contributed by atoms with Crippen molar-refractivity contribution in [1.29, 1.82) is 0 Å². The summed E-state index contributed by atoms with van der Waals surface area (Å²) in [7, 11) is 0. The average Bonchev–Trinajstić information content (AvgIpc) is 2.50. The number of hydrogen-bond donors (Lipinski definition) is 0. The molecule has 0 spiro atoms. The van der Waals surface area contributed by atoms with E-state index >= 15 is 0 Å². The van der Waals surface area contributed by atoms with E-state index in [2.05, 4.69) is 4.74 Å². The first-order valence-corrected chi connectivity index (χ1v) is 6.36. The fourth-order valence-electron chi connectivity index (χ4n) is 1.40. The van der Waals surface area contributed by atoms with Gasteiger partial charge in [-0.3, -0.25) is 0 Å². The summed E-state index contributed by atoms with van der Waals surface area (Å²) in [4.78, 5) is 9.79. The maximum absolute atomic E-state index is 13.2. The van der Waals surface area contributed by atoms with Gasteiger partial charge in [-0.05, 0) is 0 Å². The summed E-state index contributed by atoms with van der Waals surface area (Å²) >= 11 is 0. The van der Waals surface area contributed by atoms with E-state index in [0.717, 1.165) is 0 Å². The number of allylic oxidation sites excluding steroid dienone is 2. The molecule has 178 valence electrons. The highest BCUT2D eigenvalue weighted by Crippen LogP contribution is 2.61. The van der Waals surface area contributed by atoms with Crippen LogP contribution in [0.1, 0.15) is 0 Å². The van der Waals surface area contributed by atoms with Gasteiger partial charge in [-0.25, -0.2) is 4.39 Å². The van der Waals surface area contributed by atoms with Gasteiger partial charge in [0.25, 0.3) is 0 Å². The minimum Gasteiger partial charge on any atom is -0.548 e. The van der Waals surface area contributed by atoms with Crippen LogP contribution in [0.3, 0.4) is 0 Å². The summed E-state index contributed by atoms with van der Waals surface area (Å²) in [6.45, 7) is -2.72. The number of carbonyl (C=O) groups is 1. The molecule has 0 unspecified atom stereocenters. The second kappa shape index (κ2) is 7.63. The smallest absolute Gasteiger partial charge is 0.426 e. The predicted molar refractivity (Wildman–Crippen MR) is 55.9 cm³/mol. The second-order valence-electron chi connectivity index (χ2n) is 5.08. The lowest BCUT2D eigenvalue weighted by molar-refractivity contribution is -0.456. The first kappa shape index (κ1) is 28.0. The van der Waals surface area contributed by atoms with Crippen LogP contribution < -0.4 is 5.11 Å².